The van der Waals surface area contributed by atoms with Gasteiger partial charge in [0.15, 0.2) is 0 Å². The van der Waals surface area contributed by atoms with Crippen molar-refractivity contribution in [3.8, 4) is 0 Å². The Hall–Kier alpha value is -2.44. The second kappa shape index (κ2) is 9.85. The van der Waals surface area contributed by atoms with Crippen LogP contribution in [0.2, 0.25) is 0 Å². The van der Waals surface area contributed by atoms with Crippen molar-refractivity contribution < 1.29 is 9.53 Å². The number of anilines is 1. The van der Waals surface area contributed by atoms with Gasteiger partial charge in [-0.1, -0.05) is 30.7 Å². The van der Waals surface area contributed by atoms with Crippen LogP contribution in [0.5, 0.6) is 0 Å². The van der Waals surface area contributed by atoms with Crippen molar-refractivity contribution in [3.63, 3.8) is 0 Å². The summed E-state index contributed by atoms with van der Waals surface area (Å²) in [6.45, 7) is 6.67. The molecule has 1 aromatic carbocycles. The number of ether oxygens (including phenoxy) is 1. The van der Waals surface area contributed by atoms with Crippen LogP contribution < -0.4 is 10.2 Å². The Balaban J connectivity index is 1.43. The fourth-order valence-corrected chi connectivity index (χ4v) is 4.11. The van der Waals surface area contributed by atoms with Crippen LogP contribution in [0.4, 0.5) is 5.82 Å². The summed E-state index contributed by atoms with van der Waals surface area (Å²) in [4.78, 5) is 22.1. The highest BCUT2D eigenvalue weighted by molar-refractivity contribution is 5.98. The first-order valence-corrected chi connectivity index (χ1v) is 10.7. The number of nitrogens with one attached hydrogen (secondary N) is 1. The van der Waals surface area contributed by atoms with E-state index in [1.807, 2.05) is 18.2 Å². The molecular formula is C23H30N4O2. The average molecular weight is 395 g/mol. The van der Waals surface area contributed by atoms with E-state index in [2.05, 4.69) is 38.3 Å². The molecule has 2 aliphatic heterocycles. The summed E-state index contributed by atoms with van der Waals surface area (Å²) in [5.74, 6) is 0.669. The van der Waals surface area contributed by atoms with Crippen LogP contribution in [0.25, 0.3) is 0 Å². The number of hydrogen-bond acceptors (Lipinski definition) is 5. The maximum absolute atomic E-state index is 13.0. The van der Waals surface area contributed by atoms with Gasteiger partial charge in [-0.2, -0.15) is 0 Å². The molecule has 0 atom stereocenters. The summed E-state index contributed by atoms with van der Waals surface area (Å²) >= 11 is 0. The Bertz CT molecular complexity index is 814. The van der Waals surface area contributed by atoms with E-state index in [0.29, 0.717) is 25.3 Å². The molecular weight excluding hydrogens is 364 g/mol. The van der Waals surface area contributed by atoms with Gasteiger partial charge in [-0.15, -0.1) is 0 Å². The minimum Gasteiger partial charge on any atom is -0.378 e. The molecule has 1 aromatic heterocycles. The molecule has 154 valence electrons. The lowest BCUT2D eigenvalue weighted by atomic mass is 10.0. The van der Waals surface area contributed by atoms with Gasteiger partial charge < -0.3 is 15.0 Å². The van der Waals surface area contributed by atoms with Crippen molar-refractivity contribution in [3.05, 3.63) is 59.3 Å². The molecule has 29 heavy (non-hydrogen) atoms. The van der Waals surface area contributed by atoms with E-state index in [1.54, 1.807) is 6.20 Å². The van der Waals surface area contributed by atoms with E-state index >= 15 is 0 Å². The maximum atomic E-state index is 13.0. The largest absolute Gasteiger partial charge is 0.378 e. The van der Waals surface area contributed by atoms with Gasteiger partial charge in [-0.3, -0.25) is 9.69 Å². The van der Waals surface area contributed by atoms with E-state index < -0.39 is 0 Å². The summed E-state index contributed by atoms with van der Waals surface area (Å²) < 4.78 is 5.43. The minimum absolute atomic E-state index is 0.0765. The molecule has 0 saturated carbocycles. The Morgan fingerprint density at radius 3 is 2.52 bits per heavy atom. The highest BCUT2D eigenvalue weighted by Gasteiger charge is 2.20. The van der Waals surface area contributed by atoms with Crippen LogP contribution in [0.15, 0.2) is 42.6 Å². The molecule has 4 rings (SSSR count). The van der Waals surface area contributed by atoms with E-state index in [0.717, 1.165) is 25.5 Å². The van der Waals surface area contributed by atoms with Gasteiger partial charge in [-0.25, -0.2) is 4.98 Å². The molecule has 1 amide bonds. The first-order chi connectivity index (χ1) is 14.3. The van der Waals surface area contributed by atoms with Crippen LogP contribution >= 0.6 is 0 Å². The highest BCUT2D eigenvalue weighted by atomic mass is 16.5. The fraction of sp³-hybridized carbons (Fsp3) is 0.478. The van der Waals surface area contributed by atoms with Gasteiger partial charge in [-0.05, 0) is 49.2 Å². The number of likely N-dealkylation sites (tertiary alicyclic amines) is 1. The number of piperidine rings is 1. The van der Waals surface area contributed by atoms with Gasteiger partial charge in [0.2, 0.25) is 0 Å². The number of amides is 1. The SMILES string of the molecule is O=C(NCc1ccccc1CN1CCCCC1)c1cccnc1N1CCOCC1. The number of pyridine rings is 1. The summed E-state index contributed by atoms with van der Waals surface area (Å²) in [6, 6.07) is 12.1. The van der Waals surface area contributed by atoms with E-state index in [1.165, 1.54) is 43.5 Å². The zero-order chi connectivity index (χ0) is 19.9. The number of nitrogens with zero attached hydrogens (tertiary/aromatic N) is 3. The van der Waals surface area contributed by atoms with Crippen molar-refractivity contribution in [2.24, 2.45) is 0 Å². The average Bonchev–Trinajstić information content (AvgIpc) is 2.79. The second-order valence-electron chi connectivity index (χ2n) is 7.76. The Labute approximate surface area is 172 Å². The lowest BCUT2D eigenvalue weighted by Gasteiger charge is -2.29. The number of benzene rings is 1. The number of morpholine rings is 1. The van der Waals surface area contributed by atoms with Gasteiger partial charge in [0, 0.05) is 32.4 Å². The van der Waals surface area contributed by atoms with Crippen LogP contribution in [0.1, 0.15) is 40.7 Å². The van der Waals surface area contributed by atoms with Crippen molar-refractivity contribution in [1.82, 2.24) is 15.2 Å². The standard InChI is InChI=1S/C23H30N4O2/c28-23(21-9-6-10-24-22(21)27-13-15-29-16-14-27)25-17-19-7-2-3-8-20(19)18-26-11-4-1-5-12-26/h2-3,6-10H,1,4-5,11-18H2,(H,25,28). The van der Waals surface area contributed by atoms with Crippen molar-refractivity contribution in [2.75, 3.05) is 44.3 Å². The van der Waals surface area contributed by atoms with Gasteiger partial charge >= 0.3 is 0 Å². The normalized spacial score (nSPS) is 17.9. The number of carbonyl (C=O) groups is 1. The van der Waals surface area contributed by atoms with Gasteiger partial charge in [0.05, 0.1) is 18.8 Å². The molecule has 2 aromatic rings. The molecule has 3 heterocycles. The molecule has 6 heteroatoms. The number of aromatic nitrogens is 1. The Morgan fingerprint density at radius 2 is 1.72 bits per heavy atom. The number of hydrogen-bond donors (Lipinski definition) is 1. The van der Waals surface area contributed by atoms with Crippen LogP contribution in [0, 0.1) is 0 Å². The molecule has 0 radical (unpaired) electrons. The smallest absolute Gasteiger partial charge is 0.255 e. The van der Waals surface area contributed by atoms with Gasteiger partial charge in [0.1, 0.15) is 5.82 Å². The molecule has 1 N–H and O–H groups in total. The van der Waals surface area contributed by atoms with Crippen molar-refractivity contribution >= 4 is 11.7 Å². The Morgan fingerprint density at radius 1 is 0.966 bits per heavy atom. The minimum atomic E-state index is -0.0765. The lowest BCUT2D eigenvalue weighted by molar-refractivity contribution is 0.0948. The lowest BCUT2D eigenvalue weighted by Crippen LogP contribution is -2.38. The van der Waals surface area contributed by atoms with Crippen molar-refractivity contribution in [1.29, 1.82) is 0 Å². The molecule has 2 fully saturated rings. The number of rotatable bonds is 6. The molecule has 2 saturated heterocycles. The van der Waals surface area contributed by atoms with E-state index in [9.17, 15) is 4.79 Å². The third kappa shape index (κ3) is 5.14. The third-order valence-corrected chi connectivity index (χ3v) is 5.74. The van der Waals surface area contributed by atoms with Crippen LogP contribution in [0.3, 0.4) is 0 Å². The van der Waals surface area contributed by atoms with Crippen molar-refractivity contribution in [2.45, 2.75) is 32.4 Å². The molecule has 0 aliphatic carbocycles. The summed E-state index contributed by atoms with van der Waals surface area (Å²) in [7, 11) is 0. The van der Waals surface area contributed by atoms with Gasteiger partial charge in [0.25, 0.3) is 5.91 Å². The first kappa shape index (κ1) is 19.9. The predicted molar refractivity (Wildman–Crippen MR) is 114 cm³/mol. The Kier molecular flexibility index (Phi) is 6.75. The molecule has 0 unspecified atom stereocenters. The predicted octanol–water partition coefficient (Wildman–Crippen LogP) is 2.83. The quantitative estimate of drug-likeness (QED) is 0.817. The third-order valence-electron chi connectivity index (χ3n) is 5.74. The van der Waals surface area contributed by atoms with E-state index in [4.69, 9.17) is 4.74 Å². The van der Waals surface area contributed by atoms with Crippen LogP contribution in [-0.4, -0.2) is 55.2 Å². The molecule has 2 aliphatic rings. The number of carbonyl (C=O) groups excluding carboxylic acids is 1. The second-order valence-corrected chi connectivity index (χ2v) is 7.76. The summed E-state index contributed by atoms with van der Waals surface area (Å²) in [6.07, 6.45) is 5.65. The topological polar surface area (TPSA) is 57.7 Å². The maximum Gasteiger partial charge on any atom is 0.255 e. The molecule has 0 bridgehead atoms. The fourth-order valence-electron chi connectivity index (χ4n) is 4.11. The monoisotopic (exact) mass is 394 g/mol. The molecule has 6 nitrogen and oxygen atoms in total. The highest BCUT2D eigenvalue weighted by Crippen LogP contribution is 2.19. The summed E-state index contributed by atoms with van der Waals surface area (Å²) in [5, 5.41) is 3.12. The zero-order valence-electron chi connectivity index (χ0n) is 17.0. The first-order valence-electron chi connectivity index (χ1n) is 10.7. The summed E-state index contributed by atoms with van der Waals surface area (Å²) in [5.41, 5.74) is 3.11. The molecule has 0 spiro atoms. The van der Waals surface area contributed by atoms with Crippen LogP contribution in [-0.2, 0) is 17.8 Å². The zero-order valence-corrected chi connectivity index (χ0v) is 17.0. The van der Waals surface area contributed by atoms with E-state index in [-0.39, 0.29) is 5.91 Å².